The highest BCUT2D eigenvalue weighted by Crippen LogP contribution is 1.90. The Balaban J connectivity index is 3.04. The van der Waals surface area contributed by atoms with Gasteiger partial charge in [-0.05, 0) is 19.3 Å². The van der Waals surface area contributed by atoms with E-state index in [1.165, 1.54) is 0 Å². The van der Waals surface area contributed by atoms with Crippen molar-refractivity contribution in [3.63, 3.8) is 0 Å². The van der Waals surface area contributed by atoms with Crippen LogP contribution in [-0.4, -0.2) is 18.3 Å². The maximum absolute atomic E-state index is 10.9. The van der Waals surface area contributed by atoms with Gasteiger partial charge in [-0.2, -0.15) is 0 Å². The lowest BCUT2D eigenvalue weighted by Crippen LogP contribution is -2.23. The molecular formula is C8H16ClNO. The lowest BCUT2D eigenvalue weighted by Gasteiger charge is -2.01. The first-order valence-electron chi connectivity index (χ1n) is 4.14. The molecule has 0 radical (unpaired) electrons. The van der Waals surface area contributed by atoms with Crippen molar-refractivity contribution in [2.75, 3.05) is 12.4 Å². The number of amides is 1. The highest BCUT2D eigenvalue weighted by atomic mass is 35.5. The Hall–Kier alpha value is -0.240. The first-order chi connectivity index (χ1) is 5.31. The van der Waals surface area contributed by atoms with Crippen molar-refractivity contribution < 1.29 is 4.79 Å². The summed E-state index contributed by atoms with van der Waals surface area (Å²) < 4.78 is 0. The molecule has 0 bridgehead atoms. The first-order valence-corrected chi connectivity index (χ1v) is 4.67. The van der Waals surface area contributed by atoms with Crippen molar-refractivity contribution in [3.8, 4) is 0 Å². The summed E-state index contributed by atoms with van der Waals surface area (Å²) in [7, 11) is 0. The lowest BCUT2D eigenvalue weighted by molar-refractivity contribution is -0.121. The maximum atomic E-state index is 10.9. The number of rotatable bonds is 6. The normalized spacial score (nSPS) is 9.64. The van der Waals surface area contributed by atoms with E-state index in [2.05, 4.69) is 5.32 Å². The van der Waals surface area contributed by atoms with E-state index in [0.717, 1.165) is 25.8 Å². The van der Waals surface area contributed by atoms with Gasteiger partial charge in [0, 0.05) is 18.8 Å². The van der Waals surface area contributed by atoms with Crippen LogP contribution in [0.15, 0.2) is 0 Å². The van der Waals surface area contributed by atoms with Gasteiger partial charge < -0.3 is 5.32 Å². The van der Waals surface area contributed by atoms with Gasteiger partial charge in [-0.3, -0.25) is 4.79 Å². The molecule has 0 atom stereocenters. The van der Waals surface area contributed by atoms with Crippen molar-refractivity contribution in [1.82, 2.24) is 5.32 Å². The predicted molar refractivity (Wildman–Crippen MR) is 47.9 cm³/mol. The molecule has 0 unspecified atom stereocenters. The van der Waals surface area contributed by atoms with Crippen LogP contribution in [0.3, 0.4) is 0 Å². The molecule has 0 aliphatic heterocycles. The van der Waals surface area contributed by atoms with Gasteiger partial charge >= 0.3 is 0 Å². The van der Waals surface area contributed by atoms with E-state index in [0.29, 0.717) is 12.3 Å². The molecule has 0 saturated carbocycles. The van der Waals surface area contributed by atoms with Crippen LogP contribution in [0, 0.1) is 0 Å². The second-order valence-electron chi connectivity index (χ2n) is 2.50. The lowest BCUT2D eigenvalue weighted by atomic mass is 10.3. The van der Waals surface area contributed by atoms with Gasteiger partial charge in [0.2, 0.25) is 5.91 Å². The van der Waals surface area contributed by atoms with Gasteiger partial charge in [0.05, 0.1) is 0 Å². The second kappa shape index (κ2) is 7.86. The molecule has 0 aliphatic carbocycles. The third kappa shape index (κ3) is 7.66. The zero-order valence-corrected chi connectivity index (χ0v) is 7.78. The molecule has 0 saturated heterocycles. The average Bonchev–Trinajstić information content (AvgIpc) is 1.99. The van der Waals surface area contributed by atoms with Crippen LogP contribution in [-0.2, 0) is 4.79 Å². The Morgan fingerprint density at radius 1 is 1.45 bits per heavy atom. The Kier molecular flexibility index (Phi) is 7.69. The van der Waals surface area contributed by atoms with Gasteiger partial charge in [0.25, 0.3) is 0 Å². The van der Waals surface area contributed by atoms with Crippen LogP contribution >= 0.6 is 11.6 Å². The Labute approximate surface area is 73.3 Å². The molecule has 0 fully saturated rings. The molecule has 1 amide bonds. The summed E-state index contributed by atoms with van der Waals surface area (Å²) in [4.78, 5) is 10.9. The van der Waals surface area contributed by atoms with E-state index < -0.39 is 0 Å². The molecule has 0 spiro atoms. The highest BCUT2D eigenvalue weighted by molar-refractivity contribution is 6.17. The summed E-state index contributed by atoms with van der Waals surface area (Å²) >= 11 is 5.47. The van der Waals surface area contributed by atoms with Crippen LogP contribution in [0.1, 0.15) is 32.6 Å². The molecule has 0 aliphatic rings. The number of nitrogens with one attached hydrogen (secondary N) is 1. The molecule has 0 rings (SSSR count). The quantitative estimate of drug-likeness (QED) is 0.488. The molecule has 0 aromatic carbocycles. The molecule has 0 heterocycles. The van der Waals surface area contributed by atoms with Crippen molar-refractivity contribution >= 4 is 17.5 Å². The molecule has 1 N–H and O–H groups in total. The zero-order chi connectivity index (χ0) is 8.53. The largest absolute Gasteiger partial charge is 0.356 e. The Morgan fingerprint density at radius 3 is 2.73 bits per heavy atom. The van der Waals surface area contributed by atoms with E-state index in [1.807, 2.05) is 6.92 Å². The third-order valence-corrected chi connectivity index (χ3v) is 1.63. The number of hydrogen-bond donors (Lipinski definition) is 1. The van der Waals surface area contributed by atoms with E-state index in [1.54, 1.807) is 0 Å². The third-order valence-electron chi connectivity index (χ3n) is 1.36. The van der Waals surface area contributed by atoms with Gasteiger partial charge in [-0.15, -0.1) is 11.6 Å². The predicted octanol–water partition coefficient (Wildman–Crippen LogP) is 1.92. The summed E-state index contributed by atoms with van der Waals surface area (Å²) in [5.41, 5.74) is 0. The molecule has 0 aromatic rings. The van der Waals surface area contributed by atoms with Gasteiger partial charge in [-0.25, -0.2) is 0 Å². The van der Waals surface area contributed by atoms with Crippen LogP contribution in [0.2, 0.25) is 0 Å². The number of unbranched alkanes of at least 4 members (excludes halogenated alkanes) is 1. The summed E-state index contributed by atoms with van der Waals surface area (Å²) in [5.74, 6) is 0.839. The van der Waals surface area contributed by atoms with Gasteiger partial charge in [0.15, 0.2) is 0 Å². The minimum atomic E-state index is 0.155. The summed E-state index contributed by atoms with van der Waals surface area (Å²) in [6.45, 7) is 2.77. The van der Waals surface area contributed by atoms with Crippen LogP contribution < -0.4 is 5.32 Å². The smallest absolute Gasteiger partial charge is 0.219 e. The zero-order valence-electron chi connectivity index (χ0n) is 7.03. The van der Waals surface area contributed by atoms with E-state index >= 15 is 0 Å². The SMILES string of the molecule is CCCC(=O)NCCCCCl. The standard InChI is InChI=1S/C8H16ClNO/c1-2-5-8(11)10-7-4-3-6-9/h2-7H2,1H3,(H,10,11). The van der Waals surface area contributed by atoms with Gasteiger partial charge in [-0.1, -0.05) is 6.92 Å². The highest BCUT2D eigenvalue weighted by Gasteiger charge is 1.96. The fourth-order valence-electron chi connectivity index (χ4n) is 0.763. The van der Waals surface area contributed by atoms with Crippen LogP contribution in [0.4, 0.5) is 0 Å². The van der Waals surface area contributed by atoms with E-state index in [-0.39, 0.29) is 5.91 Å². The van der Waals surface area contributed by atoms with Crippen molar-refractivity contribution in [3.05, 3.63) is 0 Å². The van der Waals surface area contributed by atoms with E-state index in [9.17, 15) is 4.79 Å². The number of alkyl halides is 1. The van der Waals surface area contributed by atoms with Crippen molar-refractivity contribution in [2.24, 2.45) is 0 Å². The topological polar surface area (TPSA) is 29.1 Å². The number of hydrogen-bond acceptors (Lipinski definition) is 1. The molecule has 0 aromatic heterocycles. The first kappa shape index (κ1) is 10.8. The minimum Gasteiger partial charge on any atom is -0.356 e. The maximum Gasteiger partial charge on any atom is 0.219 e. The van der Waals surface area contributed by atoms with Gasteiger partial charge in [0.1, 0.15) is 0 Å². The van der Waals surface area contributed by atoms with Crippen molar-refractivity contribution in [1.29, 1.82) is 0 Å². The van der Waals surface area contributed by atoms with Crippen molar-refractivity contribution in [2.45, 2.75) is 32.6 Å². The summed E-state index contributed by atoms with van der Waals surface area (Å²) in [6.07, 6.45) is 3.52. The second-order valence-corrected chi connectivity index (χ2v) is 2.87. The average molecular weight is 178 g/mol. The van der Waals surface area contributed by atoms with E-state index in [4.69, 9.17) is 11.6 Å². The summed E-state index contributed by atoms with van der Waals surface area (Å²) in [5, 5.41) is 2.82. The number of carbonyl (C=O) groups is 1. The van der Waals surface area contributed by atoms with Crippen LogP contribution in [0.5, 0.6) is 0 Å². The number of carbonyl (C=O) groups excluding carboxylic acids is 1. The molecule has 66 valence electrons. The molecule has 3 heteroatoms. The summed E-state index contributed by atoms with van der Waals surface area (Å²) in [6, 6.07) is 0. The van der Waals surface area contributed by atoms with Crippen LogP contribution in [0.25, 0.3) is 0 Å². The number of halogens is 1. The molecular weight excluding hydrogens is 162 g/mol. The molecule has 2 nitrogen and oxygen atoms in total. The minimum absolute atomic E-state index is 0.155. The monoisotopic (exact) mass is 177 g/mol. The Bertz CT molecular complexity index is 106. The Morgan fingerprint density at radius 2 is 2.18 bits per heavy atom. The fourth-order valence-corrected chi connectivity index (χ4v) is 0.952. The molecule has 11 heavy (non-hydrogen) atoms. The fraction of sp³-hybridized carbons (Fsp3) is 0.875.